The highest BCUT2D eigenvalue weighted by atomic mass is 16.4. The number of rotatable bonds is 1. The van der Waals surface area contributed by atoms with Crippen molar-refractivity contribution in [1.82, 2.24) is 5.32 Å². The lowest BCUT2D eigenvalue weighted by Crippen LogP contribution is -2.55. The summed E-state index contributed by atoms with van der Waals surface area (Å²) < 4.78 is 0. The smallest absolute Gasteiger partial charge is 0.320 e. The van der Waals surface area contributed by atoms with Crippen LogP contribution >= 0.6 is 0 Å². The van der Waals surface area contributed by atoms with E-state index >= 15 is 0 Å². The standard InChI is InChI=1S/C10H19NO3/c1-10(2,3)8-5-6(12)4-7(11-8)9(13)14/h6-8,11-12H,4-5H2,1-3H3,(H,13,14)/t6-,7-,8+/m0/s1. The number of hydrogen-bond acceptors (Lipinski definition) is 3. The summed E-state index contributed by atoms with van der Waals surface area (Å²) in [6.07, 6.45) is 0.441. The molecule has 1 aliphatic rings. The first-order chi connectivity index (χ1) is 6.30. The van der Waals surface area contributed by atoms with E-state index in [4.69, 9.17) is 5.11 Å². The monoisotopic (exact) mass is 201 g/mol. The predicted octanol–water partition coefficient (Wildman–Crippen LogP) is 0.599. The molecule has 3 N–H and O–H groups in total. The van der Waals surface area contributed by atoms with Crippen LogP contribution in [0, 0.1) is 5.41 Å². The van der Waals surface area contributed by atoms with Gasteiger partial charge in [0.1, 0.15) is 6.04 Å². The second-order valence-corrected chi connectivity index (χ2v) is 5.10. The van der Waals surface area contributed by atoms with Gasteiger partial charge in [-0.1, -0.05) is 20.8 Å². The summed E-state index contributed by atoms with van der Waals surface area (Å²) in [6, 6.07) is -0.546. The molecule has 1 aliphatic heterocycles. The lowest BCUT2D eigenvalue weighted by molar-refractivity contribution is -0.142. The normalized spacial score (nSPS) is 34.1. The Labute approximate surface area is 84.3 Å². The van der Waals surface area contributed by atoms with Gasteiger partial charge < -0.3 is 15.5 Å². The van der Waals surface area contributed by atoms with E-state index in [-0.39, 0.29) is 11.5 Å². The molecule has 1 heterocycles. The van der Waals surface area contributed by atoms with Crippen LogP contribution in [0.25, 0.3) is 0 Å². The molecule has 0 aromatic heterocycles. The average Bonchev–Trinajstić information content (AvgIpc) is 2.01. The highest BCUT2D eigenvalue weighted by molar-refractivity contribution is 5.73. The number of aliphatic carboxylic acids is 1. The van der Waals surface area contributed by atoms with Crippen LogP contribution in [-0.4, -0.2) is 34.4 Å². The Kier molecular flexibility index (Phi) is 3.17. The van der Waals surface area contributed by atoms with E-state index in [0.29, 0.717) is 12.8 Å². The van der Waals surface area contributed by atoms with Gasteiger partial charge in [0.2, 0.25) is 0 Å². The minimum atomic E-state index is -0.877. The summed E-state index contributed by atoms with van der Waals surface area (Å²) in [7, 11) is 0. The molecule has 14 heavy (non-hydrogen) atoms. The molecular formula is C10H19NO3. The fraction of sp³-hybridized carbons (Fsp3) is 0.900. The molecule has 4 heteroatoms. The largest absolute Gasteiger partial charge is 0.480 e. The highest BCUT2D eigenvalue weighted by Gasteiger charge is 2.36. The molecule has 4 nitrogen and oxygen atoms in total. The van der Waals surface area contributed by atoms with Crippen LogP contribution in [0.3, 0.4) is 0 Å². The summed E-state index contributed by atoms with van der Waals surface area (Å²) in [6.45, 7) is 6.13. The SMILES string of the molecule is CC(C)(C)[C@H]1C[C@@H](O)C[C@@H](C(=O)O)N1. The number of hydrogen-bond donors (Lipinski definition) is 3. The maximum absolute atomic E-state index is 10.8. The molecule has 1 saturated heterocycles. The molecule has 0 aromatic carbocycles. The highest BCUT2D eigenvalue weighted by Crippen LogP contribution is 2.27. The van der Waals surface area contributed by atoms with Crippen LogP contribution in [0.15, 0.2) is 0 Å². The molecule has 1 fully saturated rings. The number of carbonyl (C=O) groups is 1. The number of nitrogens with one attached hydrogen (secondary N) is 1. The molecule has 0 bridgehead atoms. The van der Waals surface area contributed by atoms with Gasteiger partial charge in [0.25, 0.3) is 0 Å². The zero-order chi connectivity index (χ0) is 10.9. The van der Waals surface area contributed by atoms with Crippen molar-refractivity contribution in [3.8, 4) is 0 Å². The van der Waals surface area contributed by atoms with Gasteiger partial charge in [0.05, 0.1) is 6.10 Å². The molecule has 0 spiro atoms. The first-order valence-electron chi connectivity index (χ1n) is 4.97. The predicted molar refractivity (Wildman–Crippen MR) is 53.0 cm³/mol. The second-order valence-electron chi connectivity index (χ2n) is 5.10. The number of carboxylic acids is 1. The second kappa shape index (κ2) is 3.87. The lowest BCUT2D eigenvalue weighted by Gasteiger charge is -2.39. The van der Waals surface area contributed by atoms with Crippen molar-refractivity contribution in [2.24, 2.45) is 5.41 Å². The van der Waals surface area contributed by atoms with Gasteiger partial charge in [0, 0.05) is 6.04 Å². The van der Waals surface area contributed by atoms with Gasteiger partial charge in [0.15, 0.2) is 0 Å². The van der Waals surface area contributed by atoms with Crippen molar-refractivity contribution >= 4 is 5.97 Å². The van der Waals surface area contributed by atoms with Crippen molar-refractivity contribution in [2.45, 2.75) is 51.8 Å². The van der Waals surface area contributed by atoms with Crippen molar-refractivity contribution in [2.75, 3.05) is 0 Å². The molecule has 0 aliphatic carbocycles. The Bertz CT molecular complexity index is 222. The van der Waals surface area contributed by atoms with E-state index in [9.17, 15) is 9.90 Å². The third kappa shape index (κ3) is 2.69. The number of aliphatic hydroxyl groups excluding tert-OH is 1. The van der Waals surface area contributed by atoms with Crippen LogP contribution in [0.5, 0.6) is 0 Å². The fourth-order valence-electron chi connectivity index (χ4n) is 1.79. The molecule has 0 radical (unpaired) electrons. The Balaban J connectivity index is 2.68. The van der Waals surface area contributed by atoms with Crippen LogP contribution in [0.4, 0.5) is 0 Å². The van der Waals surface area contributed by atoms with Crippen LogP contribution < -0.4 is 5.32 Å². The van der Waals surface area contributed by atoms with Crippen molar-refractivity contribution in [1.29, 1.82) is 0 Å². The van der Waals surface area contributed by atoms with E-state index in [0.717, 1.165) is 0 Å². The van der Waals surface area contributed by atoms with Crippen molar-refractivity contribution in [3.63, 3.8) is 0 Å². The van der Waals surface area contributed by atoms with E-state index in [2.05, 4.69) is 5.32 Å². The van der Waals surface area contributed by atoms with Gasteiger partial charge in [-0.3, -0.25) is 4.79 Å². The minimum Gasteiger partial charge on any atom is -0.480 e. The molecule has 1 rings (SSSR count). The maximum atomic E-state index is 10.8. The molecule has 82 valence electrons. The lowest BCUT2D eigenvalue weighted by atomic mass is 9.79. The van der Waals surface area contributed by atoms with E-state index in [1.807, 2.05) is 20.8 Å². The van der Waals surface area contributed by atoms with E-state index in [1.165, 1.54) is 0 Å². The molecule has 3 atom stereocenters. The molecular weight excluding hydrogens is 182 g/mol. The fourth-order valence-corrected chi connectivity index (χ4v) is 1.79. The van der Waals surface area contributed by atoms with Crippen molar-refractivity contribution < 1.29 is 15.0 Å². The quantitative estimate of drug-likeness (QED) is 0.581. The summed E-state index contributed by atoms with van der Waals surface area (Å²) in [5.74, 6) is -0.877. The number of carboxylic acid groups (broad SMARTS) is 1. The topological polar surface area (TPSA) is 69.6 Å². The van der Waals surface area contributed by atoms with Gasteiger partial charge in [-0.15, -0.1) is 0 Å². The van der Waals surface area contributed by atoms with Crippen LogP contribution in [0.2, 0.25) is 0 Å². The zero-order valence-electron chi connectivity index (χ0n) is 8.95. The van der Waals surface area contributed by atoms with Crippen LogP contribution in [-0.2, 0) is 4.79 Å². The van der Waals surface area contributed by atoms with Gasteiger partial charge >= 0.3 is 5.97 Å². The van der Waals surface area contributed by atoms with Crippen LogP contribution in [0.1, 0.15) is 33.6 Å². The summed E-state index contributed by atoms with van der Waals surface area (Å²) in [5, 5.41) is 21.5. The molecule has 0 amide bonds. The Morgan fingerprint density at radius 1 is 1.36 bits per heavy atom. The first-order valence-corrected chi connectivity index (χ1v) is 4.97. The number of piperidine rings is 1. The third-order valence-corrected chi connectivity index (χ3v) is 2.76. The maximum Gasteiger partial charge on any atom is 0.320 e. The van der Waals surface area contributed by atoms with Gasteiger partial charge in [-0.25, -0.2) is 0 Å². The minimum absolute atomic E-state index is 0.0188. The summed E-state index contributed by atoms with van der Waals surface area (Å²) in [4.78, 5) is 10.8. The Morgan fingerprint density at radius 3 is 2.36 bits per heavy atom. The van der Waals surface area contributed by atoms with Gasteiger partial charge in [-0.2, -0.15) is 0 Å². The van der Waals surface area contributed by atoms with E-state index < -0.39 is 18.1 Å². The summed E-state index contributed by atoms with van der Waals surface area (Å²) in [5.41, 5.74) is -0.0188. The first kappa shape index (κ1) is 11.5. The zero-order valence-corrected chi connectivity index (χ0v) is 8.95. The third-order valence-electron chi connectivity index (χ3n) is 2.76. The molecule has 0 aromatic rings. The molecule has 0 saturated carbocycles. The Morgan fingerprint density at radius 2 is 1.93 bits per heavy atom. The molecule has 0 unspecified atom stereocenters. The number of aliphatic hydroxyl groups is 1. The Hall–Kier alpha value is -0.610. The van der Waals surface area contributed by atoms with Gasteiger partial charge in [-0.05, 0) is 18.3 Å². The summed E-state index contributed by atoms with van der Waals surface area (Å²) >= 11 is 0. The van der Waals surface area contributed by atoms with E-state index in [1.54, 1.807) is 0 Å². The van der Waals surface area contributed by atoms with Crippen molar-refractivity contribution in [3.05, 3.63) is 0 Å². The average molecular weight is 201 g/mol.